The summed E-state index contributed by atoms with van der Waals surface area (Å²) in [5.74, 6) is -1.04. The summed E-state index contributed by atoms with van der Waals surface area (Å²) < 4.78 is 40.0. The maximum atomic E-state index is 13.8. The van der Waals surface area contributed by atoms with E-state index in [1.807, 2.05) is 51.1 Å². The molecule has 2 amide bonds. The maximum Gasteiger partial charge on any atom is 0.243 e. The van der Waals surface area contributed by atoms with Crippen LogP contribution in [0.1, 0.15) is 44.7 Å². The van der Waals surface area contributed by atoms with Crippen LogP contribution in [-0.2, 0) is 32.6 Å². The first kappa shape index (κ1) is 32.1. The molecule has 1 N–H and O–H groups in total. The summed E-state index contributed by atoms with van der Waals surface area (Å²) in [5, 5.41) is 3.39. The molecule has 3 rings (SSSR count). The number of carbonyl (C=O) groups is 2. The summed E-state index contributed by atoms with van der Waals surface area (Å²) in [6.07, 6.45) is 1.57. The predicted molar refractivity (Wildman–Crippen MR) is 162 cm³/mol. The largest absolute Gasteiger partial charge is 0.350 e. The van der Waals surface area contributed by atoms with E-state index < -0.39 is 27.4 Å². The van der Waals surface area contributed by atoms with Gasteiger partial charge in [0.05, 0.1) is 11.9 Å². The lowest BCUT2D eigenvalue weighted by molar-refractivity contribution is -0.142. The van der Waals surface area contributed by atoms with Gasteiger partial charge in [0.2, 0.25) is 21.8 Å². The van der Waals surface area contributed by atoms with Crippen LogP contribution in [0.5, 0.6) is 0 Å². The molecule has 220 valence electrons. The van der Waals surface area contributed by atoms with Gasteiger partial charge < -0.3 is 10.2 Å². The van der Waals surface area contributed by atoms with Crippen LogP contribution in [0.2, 0.25) is 5.02 Å². The Kier molecular flexibility index (Phi) is 10.9. The van der Waals surface area contributed by atoms with E-state index in [9.17, 15) is 22.4 Å². The highest BCUT2D eigenvalue weighted by molar-refractivity contribution is 7.92. The number of hydrogen-bond donors (Lipinski definition) is 1. The van der Waals surface area contributed by atoms with Crippen LogP contribution in [0.25, 0.3) is 0 Å². The van der Waals surface area contributed by atoms with Crippen LogP contribution in [-0.4, -0.2) is 49.5 Å². The fraction of sp³-hybridized carbons (Fsp3) is 0.355. The van der Waals surface area contributed by atoms with E-state index in [-0.39, 0.29) is 44.2 Å². The Morgan fingerprint density at radius 3 is 2.20 bits per heavy atom. The van der Waals surface area contributed by atoms with Crippen molar-refractivity contribution in [3.8, 4) is 0 Å². The summed E-state index contributed by atoms with van der Waals surface area (Å²) in [6, 6.07) is 20.9. The van der Waals surface area contributed by atoms with E-state index in [0.717, 1.165) is 11.8 Å². The molecule has 7 nitrogen and oxygen atoms in total. The standard InChI is InChI=1S/C31H37ClFN3O4S/c1-31(2,3)34-30(38)28(20-23-10-6-5-7-11-23)35(22-24-15-17-26(33)18-16-24)29(37)14-9-19-36(41(4,39)40)27-13-8-12-25(32)21-27/h5-8,10-13,15-18,21,28H,9,14,19-20,22H2,1-4H3,(H,34,38)/t28-/m1/s1. The highest BCUT2D eigenvalue weighted by Gasteiger charge is 2.32. The summed E-state index contributed by atoms with van der Waals surface area (Å²) in [6.45, 7) is 5.73. The summed E-state index contributed by atoms with van der Waals surface area (Å²) in [4.78, 5) is 28.9. The van der Waals surface area contributed by atoms with Gasteiger partial charge in [0.15, 0.2) is 0 Å². The molecule has 10 heteroatoms. The molecule has 0 aliphatic carbocycles. The van der Waals surface area contributed by atoms with Crippen molar-refractivity contribution < 1.29 is 22.4 Å². The molecule has 0 unspecified atom stereocenters. The fourth-order valence-corrected chi connectivity index (χ4v) is 5.57. The number of benzene rings is 3. The Hall–Kier alpha value is -3.43. The van der Waals surface area contributed by atoms with Gasteiger partial charge in [-0.3, -0.25) is 13.9 Å². The lowest BCUT2D eigenvalue weighted by Crippen LogP contribution is -2.54. The molecule has 0 bridgehead atoms. The van der Waals surface area contributed by atoms with Crippen LogP contribution in [0.3, 0.4) is 0 Å². The Balaban J connectivity index is 1.90. The molecule has 0 saturated carbocycles. The molecule has 1 atom stereocenters. The smallest absolute Gasteiger partial charge is 0.243 e. The van der Waals surface area contributed by atoms with Crippen molar-refractivity contribution in [1.82, 2.24) is 10.2 Å². The second kappa shape index (κ2) is 14.0. The van der Waals surface area contributed by atoms with Crippen molar-refractivity contribution in [3.05, 3.63) is 101 Å². The number of rotatable bonds is 12. The molecule has 0 aliphatic heterocycles. The van der Waals surface area contributed by atoms with Gasteiger partial charge in [0.1, 0.15) is 11.9 Å². The normalized spacial score (nSPS) is 12.4. The Bertz CT molecular complexity index is 1430. The molecule has 3 aromatic rings. The topological polar surface area (TPSA) is 86.8 Å². The number of nitrogens with zero attached hydrogens (tertiary/aromatic N) is 2. The van der Waals surface area contributed by atoms with Crippen molar-refractivity contribution >= 4 is 39.1 Å². The van der Waals surface area contributed by atoms with Gasteiger partial charge >= 0.3 is 0 Å². The Morgan fingerprint density at radius 1 is 0.951 bits per heavy atom. The van der Waals surface area contributed by atoms with E-state index in [1.165, 1.54) is 21.3 Å². The number of hydrogen-bond acceptors (Lipinski definition) is 4. The molecule has 0 saturated heterocycles. The molecule has 0 aliphatic rings. The van der Waals surface area contributed by atoms with Crippen molar-refractivity contribution in [3.63, 3.8) is 0 Å². The zero-order chi connectivity index (χ0) is 30.2. The maximum absolute atomic E-state index is 13.8. The van der Waals surface area contributed by atoms with Gasteiger partial charge in [-0.1, -0.05) is 60.1 Å². The van der Waals surface area contributed by atoms with E-state index in [1.54, 1.807) is 36.4 Å². The lowest BCUT2D eigenvalue weighted by atomic mass is 10.00. The van der Waals surface area contributed by atoms with Crippen LogP contribution in [0.4, 0.5) is 10.1 Å². The minimum atomic E-state index is -3.65. The predicted octanol–water partition coefficient (Wildman–Crippen LogP) is 5.58. The zero-order valence-corrected chi connectivity index (χ0v) is 25.4. The third-order valence-electron chi connectivity index (χ3n) is 6.28. The van der Waals surface area contributed by atoms with Crippen molar-refractivity contribution in [2.24, 2.45) is 0 Å². The third kappa shape index (κ3) is 10.2. The molecule has 0 spiro atoms. The highest BCUT2D eigenvalue weighted by Crippen LogP contribution is 2.23. The average Bonchev–Trinajstić information content (AvgIpc) is 2.88. The summed E-state index contributed by atoms with van der Waals surface area (Å²) in [5.41, 5.74) is 1.41. The monoisotopic (exact) mass is 601 g/mol. The number of amides is 2. The minimum Gasteiger partial charge on any atom is -0.350 e. The molecule has 0 aromatic heterocycles. The van der Waals surface area contributed by atoms with Crippen LogP contribution < -0.4 is 9.62 Å². The second-order valence-corrected chi connectivity index (χ2v) is 13.4. The van der Waals surface area contributed by atoms with Gasteiger partial charge in [0.25, 0.3) is 0 Å². The van der Waals surface area contributed by atoms with Gasteiger partial charge in [-0.2, -0.15) is 0 Å². The molecular weight excluding hydrogens is 565 g/mol. The molecular formula is C31H37ClFN3O4S. The SMILES string of the molecule is CC(C)(C)NC(=O)[C@@H](Cc1ccccc1)N(Cc1ccc(F)cc1)C(=O)CCCN(c1cccc(Cl)c1)S(C)(=O)=O. The summed E-state index contributed by atoms with van der Waals surface area (Å²) in [7, 11) is -3.65. The Labute approximate surface area is 247 Å². The van der Waals surface area contributed by atoms with Crippen LogP contribution >= 0.6 is 11.6 Å². The molecule has 0 radical (unpaired) electrons. The van der Waals surface area contributed by atoms with Crippen molar-refractivity contribution in [1.29, 1.82) is 0 Å². The highest BCUT2D eigenvalue weighted by atomic mass is 35.5. The lowest BCUT2D eigenvalue weighted by Gasteiger charge is -2.34. The fourth-order valence-electron chi connectivity index (χ4n) is 4.43. The number of sulfonamides is 1. The molecule has 0 fully saturated rings. The van der Waals surface area contributed by atoms with E-state index >= 15 is 0 Å². The number of anilines is 1. The van der Waals surface area contributed by atoms with E-state index in [4.69, 9.17) is 11.6 Å². The quantitative estimate of drug-likeness (QED) is 0.294. The van der Waals surface area contributed by atoms with E-state index in [0.29, 0.717) is 16.3 Å². The first-order valence-corrected chi connectivity index (χ1v) is 15.6. The average molecular weight is 602 g/mol. The number of carbonyl (C=O) groups excluding carboxylic acids is 2. The Morgan fingerprint density at radius 2 is 1.61 bits per heavy atom. The van der Waals surface area contributed by atoms with Crippen molar-refractivity contribution in [2.45, 2.75) is 58.2 Å². The van der Waals surface area contributed by atoms with Crippen LogP contribution in [0.15, 0.2) is 78.9 Å². The van der Waals surface area contributed by atoms with E-state index in [2.05, 4.69) is 5.32 Å². The molecule has 3 aromatic carbocycles. The second-order valence-electron chi connectivity index (χ2n) is 11.0. The number of nitrogens with one attached hydrogen (secondary N) is 1. The first-order chi connectivity index (χ1) is 19.2. The zero-order valence-electron chi connectivity index (χ0n) is 23.8. The summed E-state index contributed by atoms with van der Waals surface area (Å²) >= 11 is 6.08. The van der Waals surface area contributed by atoms with Crippen LogP contribution in [0, 0.1) is 5.82 Å². The van der Waals surface area contributed by atoms with Crippen molar-refractivity contribution in [2.75, 3.05) is 17.1 Å². The third-order valence-corrected chi connectivity index (χ3v) is 7.71. The van der Waals surface area contributed by atoms with Gasteiger partial charge in [-0.15, -0.1) is 0 Å². The first-order valence-electron chi connectivity index (χ1n) is 13.4. The molecule has 41 heavy (non-hydrogen) atoms. The van der Waals surface area contributed by atoms with Gasteiger partial charge in [-0.05, 0) is 68.7 Å². The molecule has 0 heterocycles. The van der Waals surface area contributed by atoms with Gasteiger partial charge in [0, 0.05) is 36.5 Å². The number of halogens is 2. The van der Waals surface area contributed by atoms with Gasteiger partial charge in [-0.25, -0.2) is 12.8 Å². The minimum absolute atomic E-state index is 0.0120.